The molecule has 48 heavy (non-hydrogen) atoms. The number of amides is 2. The molecule has 1 fully saturated rings. The van der Waals surface area contributed by atoms with E-state index in [0.717, 1.165) is 86.1 Å². The van der Waals surface area contributed by atoms with E-state index in [4.69, 9.17) is 9.47 Å². The summed E-state index contributed by atoms with van der Waals surface area (Å²) in [5, 5.41) is 2.94. The van der Waals surface area contributed by atoms with Gasteiger partial charge in [0.1, 0.15) is 12.6 Å². The van der Waals surface area contributed by atoms with E-state index in [1.807, 2.05) is 90.8 Å². The van der Waals surface area contributed by atoms with E-state index >= 15 is 0 Å². The molecule has 0 spiro atoms. The van der Waals surface area contributed by atoms with Crippen molar-refractivity contribution in [3.8, 4) is 11.1 Å². The molecule has 3 aromatic carbocycles. The molecule has 0 saturated carbocycles. The van der Waals surface area contributed by atoms with Gasteiger partial charge in [0.15, 0.2) is 0 Å². The molecular formula is C38H51BrN4O5. The topological polar surface area (TPSA) is 88.2 Å². The maximum atomic E-state index is 12.8. The third-order valence-electron chi connectivity index (χ3n) is 8.87. The van der Waals surface area contributed by atoms with Gasteiger partial charge in [-0.05, 0) is 55.9 Å². The highest BCUT2D eigenvalue weighted by Crippen LogP contribution is 2.28. The number of nitrogens with one attached hydrogen (secondary N) is 1. The largest absolute Gasteiger partial charge is 1.00 e. The lowest BCUT2D eigenvalue weighted by Gasteiger charge is -2.32. The number of rotatable bonds is 15. The van der Waals surface area contributed by atoms with Crippen LogP contribution < -0.4 is 22.3 Å². The van der Waals surface area contributed by atoms with Crippen molar-refractivity contribution < 1.29 is 45.3 Å². The number of quaternary nitrogens is 1. The second-order valence-electron chi connectivity index (χ2n) is 13.1. The van der Waals surface area contributed by atoms with E-state index < -0.39 is 6.09 Å². The molecule has 1 aliphatic heterocycles. The normalized spacial score (nSPS) is 13.7. The monoisotopic (exact) mass is 722 g/mol. The van der Waals surface area contributed by atoms with Crippen LogP contribution in [0.5, 0.6) is 0 Å². The van der Waals surface area contributed by atoms with Gasteiger partial charge < -0.3 is 40.7 Å². The van der Waals surface area contributed by atoms with Crippen molar-refractivity contribution in [1.82, 2.24) is 9.80 Å². The Labute approximate surface area is 296 Å². The Morgan fingerprint density at radius 3 is 2.25 bits per heavy atom. The summed E-state index contributed by atoms with van der Waals surface area (Å²) in [4.78, 5) is 41.3. The second-order valence-corrected chi connectivity index (χ2v) is 13.1. The fourth-order valence-electron chi connectivity index (χ4n) is 6.04. The number of unbranched alkanes of at least 4 members (excludes halogenated alkanes) is 2. The molecule has 4 rings (SSSR count). The smallest absolute Gasteiger partial charge is 0.411 e. The lowest BCUT2D eigenvalue weighted by Crippen LogP contribution is -3.00. The van der Waals surface area contributed by atoms with Crippen molar-refractivity contribution in [3.05, 3.63) is 90.0 Å². The molecule has 0 aliphatic carbocycles. The molecule has 1 saturated heterocycles. The first kappa shape index (κ1) is 38.7. The first-order valence-corrected chi connectivity index (χ1v) is 16.7. The van der Waals surface area contributed by atoms with Gasteiger partial charge in [-0.3, -0.25) is 10.1 Å². The van der Waals surface area contributed by atoms with Gasteiger partial charge in [0, 0.05) is 50.8 Å². The minimum absolute atomic E-state index is 0. The number of halogens is 1. The molecule has 0 bridgehead atoms. The molecule has 0 aromatic heterocycles. The molecule has 0 atom stereocenters. The maximum Gasteiger partial charge on any atom is 0.411 e. The van der Waals surface area contributed by atoms with Crippen molar-refractivity contribution in [2.24, 2.45) is 0 Å². The average Bonchev–Trinajstić information content (AvgIpc) is 3.08. The lowest BCUT2D eigenvalue weighted by atomic mass is 10.0. The Morgan fingerprint density at radius 2 is 1.56 bits per heavy atom. The second kappa shape index (κ2) is 19.3. The van der Waals surface area contributed by atoms with Crippen LogP contribution in [0.25, 0.3) is 11.1 Å². The van der Waals surface area contributed by atoms with Crippen LogP contribution in [-0.4, -0.2) is 99.3 Å². The molecule has 0 radical (unpaired) electrons. The number of hydrogen-bond donors (Lipinski definition) is 1. The fraction of sp³-hybridized carbons (Fsp3) is 0.447. The van der Waals surface area contributed by atoms with Crippen molar-refractivity contribution in [3.63, 3.8) is 0 Å². The number of anilines is 1. The zero-order chi connectivity index (χ0) is 33.6. The van der Waals surface area contributed by atoms with Gasteiger partial charge >= 0.3 is 12.1 Å². The number of ether oxygens (including phenoxy) is 2. The van der Waals surface area contributed by atoms with Crippen molar-refractivity contribution in [1.29, 1.82) is 0 Å². The summed E-state index contributed by atoms with van der Waals surface area (Å²) in [7, 11) is 7.70. The standard InChI is InChI=1S/C38H50N4O5.BrH/c1-40(36(43)17-9-6-12-28-42(2,3)29-30-18-20-32(21-19-30)37(44)46-4)26-27-41-24-22-33(23-25-41)47-38(45)39-35-16-11-10-15-34(35)31-13-7-5-8-14-31;/h5,7-8,10-11,13-16,18-21,33H,6,9,12,17,22-29H2,1-4H3;1H. The summed E-state index contributed by atoms with van der Waals surface area (Å²) in [6.07, 6.45) is 4.53. The van der Waals surface area contributed by atoms with E-state index in [-0.39, 0.29) is 35.0 Å². The Hall–Kier alpha value is -3.73. The molecule has 9 nitrogen and oxygen atoms in total. The number of piperidine rings is 1. The van der Waals surface area contributed by atoms with Crippen molar-refractivity contribution in [2.75, 3.05) is 66.3 Å². The Morgan fingerprint density at radius 1 is 0.896 bits per heavy atom. The predicted octanol–water partition coefficient (Wildman–Crippen LogP) is 3.45. The number of para-hydroxylation sites is 1. The quantitative estimate of drug-likeness (QED) is 0.147. The third kappa shape index (κ3) is 12.4. The van der Waals surface area contributed by atoms with Crippen molar-refractivity contribution in [2.45, 2.75) is 51.2 Å². The highest BCUT2D eigenvalue weighted by atomic mass is 79.9. The number of carbonyl (C=O) groups excluding carboxylic acids is 3. The van der Waals surface area contributed by atoms with E-state index in [9.17, 15) is 14.4 Å². The van der Waals surface area contributed by atoms with Crippen LogP contribution in [0.4, 0.5) is 10.5 Å². The van der Waals surface area contributed by atoms with E-state index in [0.29, 0.717) is 18.5 Å². The van der Waals surface area contributed by atoms with Crippen LogP contribution >= 0.6 is 0 Å². The summed E-state index contributed by atoms with van der Waals surface area (Å²) >= 11 is 0. The first-order chi connectivity index (χ1) is 22.6. The number of benzene rings is 3. The number of likely N-dealkylation sites (N-methyl/N-ethyl adjacent to an activating group) is 1. The number of esters is 1. The molecule has 10 heteroatoms. The van der Waals surface area contributed by atoms with Crippen LogP contribution in [0, 0.1) is 0 Å². The Bertz CT molecular complexity index is 1440. The van der Waals surface area contributed by atoms with E-state index in [2.05, 4.69) is 24.3 Å². The summed E-state index contributed by atoms with van der Waals surface area (Å²) < 4.78 is 11.4. The number of likely N-dealkylation sites (tertiary alicyclic amines) is 1. The highest BCUT2D eigenvalue weighted by Gasteiger charge is 2.23. The summed E-state index contributed by atoms with van der Waals surface area (Å²) in [6.45, 7) is 5.08. The molecule has 0 unspecified atom stereocenters. The molecular weight excluding hydrogens is 672 g/mol. The van der Waals surface area contributed by atoms with E-state index in [1.54, 1.807) is 0 Å². The highest BCUT2D eigenvalue weighted by molar-refractivity contribution is 5.91. The SMILES string of the molecule is COC(=O)c1ccc(C[N+](C)(C)CCCCCC(=O)N(C)CCN2CCC(OC(=O)Nc3ccccc3-c3ccccc3)CC2)cc1.[Br-]. The van der Waals surface area contributed by atoms with Gasteiger partial charge in [-0.15, -0.1) is 0 Å². The molecule has 260 valence electrons. The van der Waals surface area contributed by atoms with Crippen LogP contribution in [0.15, 0.2) is 78.9 Å². The van der Waals surface area contributed by atoms with Gasteiger partial charge in [-0.25, -0.2) is 9.59 Å². The Balaban J connectivity index is 0.00000625. The molecule has 3 aromatic rings. The number of nitrogens with zero attached hydrogens (tertiary/aromatic N) is 3. The summed E-state index contributed by atoms with van der Waals surface area (Å²) in [5.74, 6) is -0.129. The van der Waals surface area contributed by atoms with Gasteiger partial charge in [-0.2, -0.15) is 0 Å². The van der Waals surface area contributed by atoms with Crippen LogP contribution in [0.2, 0.25) is 0 Å². The molecule has 1 heterocycles. The predicted molar refractivity (Wildman–Crippen MR) is 186 cm³/mol. The van der Waals surface area contributed by atoms with Gasteiger partial charge in [0.05, 0.1) is 39.0 Å². The molecule has 1 N–H and O–H groups in total. The molecule has 1 aliphatic rings. The lowest BCUT2D eigenvalue weighted by molar-refractivity contribution is -0.903. The number of methoxy groups -OCH3 is 1. The van der Waals surface area contributed by atoms with Crippen LogP contribution in [0.1, 0.15) is 54.4 Å². The third-order valence-corrected chi connectivity index (χ3v) is 8.87. The van der Waals surface area contributed by atoms with Gasteiger partial charge in [0.25, 0.3) is 0 Å². The first-order valence-electron chi connectivity index (χ1n) is 16.7. The van der Waals surface area contributed by atoms with Crippen LogP contribution in [-0.2, 0) is 20.8 Å². The van der Waals surface area contributed by atoms with Gasteiger partial charge in [-0.1, -0.05) is 60.7 Å². The van der Waals surface area contributed by atoms with Crippen molar-refractivity contribution >= 4 is 23.7 Å². The maximum absolute atomic E-state index is 12.8. The minimum Gasteiger partial charge on any atom is -1.00 e. The summed E-state index contributed by atoms with van der Waals surface area (Å²) in [6, 6.07) is 25.3. The number of carbonyl (C=O) groups is 3. The summed E-state index contributed by atoms with van der Waals surface area (Å²) in [5.41, 5.74) is 4.48. The zero-order valence-corrected chi connectivity index (χ0v) is 30.4. The number of hydrogen-bond acceptors (Lipinski definition) is 6. The Kier molecular flexibility index (Phi) is 15.6. The van der Waals surface area contributed by atoms with Crippen LogP contribution in [0.3, 0.4) is 0 Å². The molecule has 2 amide bonds. The average molecular weight is 724 g/mol. The van der Waals surface area contributed by atoms with E-state index in [1.165, 1.54) is 12.7 Å². The van der Waals surface area contributed by atoms with Gasteiger partial charge in [0.2, 0.25) is 5.91 Å². The minimum atomic E-state index is -0.425. The zero-order valence-electron chi connectivity index (χ0n) is 28.8. The fourth-order valence-corrected chi connectivity index (χ4v) is 6.04.